The van der Waals surface area contributed by atoms with Gasteiger partial charge in [-0.1, -0.05) is 0 Å². The molecule has 1 aromatic carbocycles. The van der Waals surface area contributed by atoms with Crippen LogP contribution in [0.15, 0.2) is 24.4 Å². The number of hydrogen-bond donors (Lipinski definition) is 3. The summed E-state index contributed by atoms with van der Waals surface area (Å²) in [6.07, 6.45) is 1.48. The number of fused-ring (bicyclic) bond motifs is 1. The Hall–Kier alpha value is -2.81. The molecule has 1 aromatic heterocycles. The van der Waals surface area contributed by atoms with Gasteiger partial charge in [-0.2, -0.15) is 5.10 Å². The number of primary amides is 1. The number of aromatic nitrogens is 2. The predicted octanol–water partition coefficient (Wildman–Crippen LogP) is 1.06. The average Bonchev–Trinajstić information content (AvgIpc) is 3.04. The van der Waals surface area contributed by atoms with Crippen LogP contribution in [-0.4, -0.2) is 27.6 Å². The number of nitrogens with one attached hydrogen (secondary N) is 2. The minimum absolute atomic E-state index is 0.207. The first-order valence-corrected chi connectivity index (χ1v) is 6.75. The highest BCUT2D eigenvalue weighted by Crippen LogP contribution is 2.34. The van der Waals surface area contributed by atoms with Crippen LogP contribution in [0.5, 0.6) is 11.5 Å². The van der Waals surface area contributed by atoms with E-state index in [-0.39, 0.29) is 12.5 Å². The summed E-state index contributed by atoms with van der Waals surface area (Å²) in [6, 6.07) is 5.36. The van der Waals surface area contributed by atoms with E-state index in [9.17, 15) is 4.79 Å². The Bertz CT molecular complexity index is 758. The van der Waals surface area contributed by atoms with E-state index in [0.29, 0.717) is 22.3 Å². The highest BCUT2D eigenvalue weighted by atomic mass is 32.1. The fourth-order valence-electron chi connectivity index (χ4n) is 2.08. The molecule has 1 aliphatic rings. The zero-order valence-corrected chi connectivity index (χ0v) is 12.4. The SMILES string of the molecule is Cn1ncc(NC(=S)Nc2ccc3c(c2)OCO3)c1C(N)=O. The summed E-state index contributed by atoms with van der Waals surface area (Å²) in [4.78, 5) is 11.4. The zero-order valence-electron chi connectivity index (χ0n) is 11.6. The Labute approximate surface area is 131 Å². The average molecular weight is 319 g/mol. The van der Waals surface area contributed by atoms with Crippen LogP contribution in [0.25, 0.3) is 0 Å². The fourth-order valence-corrected chi connectivity index (χ4v) is 2.31. The molecule has 0 bridgehead atoms. The summed E-state index contributed by atoms with van der Waals surface area (Å²) >= 11 is 5.22. The number of rotatable bonds is 3. The van der Waals surface area contributed by atoms with Crippen molar-refractivity contribution >= 4 is 34.6 Å². The van der Waals surface area contributed by atoms with E-state index >= 15 is 0 Å². The van der Waals surface area contributed by atoms with Crippen molar-refractivity contribution in [1.29, 1.82) is 0 Å². The van der Waals surface area contributed by atoms with Gasteiger partial charge in [0, 0.05) is 18.8 Å². The molecule has 1 amide bonds. The van der Waals surface area contributed by atoms with Crippen molar-refractivity contribution in [3.8, 4) is 11.5 Å². The van der Waals surface area contributed by atoms with Crippen molar-refractivity contribution in [2.24, 2.45) is 12.8 Å². The number of anilines is 2. The standard InChI is InChI=1S/C13H13N5O3S/c1-18-11(12(14)19)8(5-15-18)17-13(22)16-7-2-3-9-10(4-7)21-6-20-9/h2-5H,6H2,1H3,(H2,14,19)(H2,16,17,22). The van der Waals surface area contributed by atoms with E-state index in [1.54, 1.807) is 25.2 Å². The van der Waals surface area contributed by atoms with Crippen LogP contribution >= 0.6 is 12.2 Å². The van der Waals surface area contributed by atoms with Crippen molar-refractivity contribution in [1.82, 2.24) is 9.78 Å². The van der Waals surface area contributed by atoms with Crippen LogP contribution < -0.4 is 25.8 Å². The van der Waals surface area contributed by atoms with Crippen LogP contribution in [0.2, 0.25) is 0 Å². The summed E-state index contributed by atoms with van der Waals surface area (Å²) in [5.74, 6) is 0.744. The Morgan fingerprint density at radius 3 is 2.91 bits per heavy atom. The first-order chi connectivity index (χ1) is 10.5. The predicted molar refractivity (Wildman–Crippen MR) is 84.1 cm³/mol. The second kappa shape index (κ2) is 5.53. The number of amides is 1. The first-order valence-electron chi connectivity index (χ1n) is 6.34. The van der Waals surface area contributed by atoms with Crippen LogP contribution in [0.1, 0.15) is 10.5 Å². The molecule has 22 heavy (non-hydrogen) atoms. The molecule has 0 unspecified atom stereocenters. The third-order valence-electron chi connectivity index (χ3n) is 3.05. The van der Waals surface area contributed by atoms with Gasteiger partial charge in [0.05, 0.1) is 11.9 Å². The molecular formula is C13H13N5O3S. The fraction of sp³-hybridized carbons (Fsp3) is 0.154. The van der Waals surface area contributed by atoms with Gasteiger partial charge in [0.1, 0.15) is 5.69 Å². The lowest BCUT2D eigenvalue weighted by Gasteiger charge is -2.10. The van der Waals surface area contributed by atoms with Crippen molar-refractivity contribution < 1.29 is 14.3 Å². The normalized spacial score (nSPS) is 12.0. The minimum atomic E-state index is -0.589. The monoisotopic (exact) mass is 319 g/mol. The Kier molecular flexibility index (Phi) is 3.55. The maximum atomic E-state index is 11.4. The van der Waals surface area contributed by atoms with Crippen molar-refractivity contribution in [3.63, 3.8) is 0 Å². The third-order valence-corrected chi connectivity index (χ3v) is 3.25. The summed E-state index contributed by atoms with van der Waals surface area (Å²) in [5.41, 5.74) is 6.73. The molecule has 114 valence electrons. The van der Waals surface area contributed by atoms with E-state index in [4.69, 9.17) is 27.4 Å². The van der Waals surface area contributed by atoms with E-state index in [2.05, 4.69) is 15.7 Å². The molecule has 0 atom stereocenters. The lowest BCUT2D eigenvalue weighted by Crippen LogP contribution is -2.23. The lowest BCUT2D eigenvalue weighted by atomic mass is 10.3. The summed E-state index contributed by atoms with van der Waals surface area (Å²) < 4.78 is 11.9. The van der Waals surface area contributed by atoms with E-state index in [0.717, 1.165) is 5.69 Å². The van der Waals surface area contributed by atoms with Gasteiger partial charge in [0.2, 0.25) is 6.79 Å². The first kappa shape index (κ1) is 14.1. The second-order valence-electron chi connectivity index (χ2n) is 4.54. The topological polar surface area (TPSA) is 103 Å². The van der Waals surface area contributed by atoms with E-state index < -0.39 is 5.91 Å². The van der Waals surface area contributed by atoms with Crippen molar-refractivity contribution in [2.75, 3.05) is 17.4 Å². The minimum Gasteiger partial charge on any atom is -0.454 e. The maximum absolute atomic E-state index is 11.4. The summed E-state index contributed by atoms with van der Waals surface area (Å²) in [7, 11) is 1.62. The van der Waals surface area contributed by atoms with Crippen LogP contribution in [0, 0.1) is 0 Å². The highest BCUT2D eigenvalue weighted by Gasteiger charge is 2.16. The van der Waals surface area contributed by atoms with Crippen LogP contribution in [0.4, 0.5) is 11.4 Å². The number of nitrogens with two attached hydrogens (primary N) is 1. The van der Waals surface area contributed by atoms with Gasteiger partial charge in [-0.3, -0.25) is 9.48 Å². The van der Waals surface area contributed by atoms with Gasteiger partial charge in [-0.05, 0) is 24.4 Å². The smallest absolute Gasteiger partial charge is 0.269 e. The lowest BCUT2D eigenvalue weighted by molar-refractivity contribution is 0.0992. The Balaban J connectivity index is 1.72. The molecule has 3 rings (SSSR count). The molecule has 0 aliphatic carbocycles. The van der Waals surface area contributed by atoms with Gasteiger partial charge < -0.3 is 25.8 Å². The van der Waals surface area contributed by atoms with Gasteiger partial charge in [0.15, 0.2) is 16.6 Å². The number of hydrogen-bond acceptors (Lipinski definition) is 5. The molecule has 0 saturated heterocycles. The van der Waals surface area contributed by atoms with Crippen LogP contribution in [0.3, 0.4) is 0 Å². The second-order valence-corrected chi connectivity index (χ2v) is 4.95. The largest absolute Gasteiger partial charge is 0.454 e. The van der Waals surface area contributed by atoms with E-state index in [1.807, 2.05) is 0 Å². The molecule has 0 saturated carbocycles. The number of benzene rings is 1. The summed E-state index contributed by atoms with van der Waals surface area (Å²) in [5, 5.41) is 10.2. The molecule has 4 N–H and O–H groups in total. The molecule has 0 spiro atoms. The number of carbonyl (C=O) groups excluding carboxylic acids is 1. The zero-order chi connectivity index (χ0) is 15.7. The van der Waals surface area contributed by atoms with Gasteiger partial charge in [-0.25, -0.2) is 0 Å². The Morgan fingerprint density at radius 2 is 2.14 bits per heavy atom. The molecular weight excluding hydrogens is 306 g/mol. The van der Waals surface area contributed by atoms with Crippen LogP contribution in [-0.2, 0) is 7.05 Å². The molecule has 0 radical (unpaired) electrons. The quantitative estimate of drug-likeness (QED) is 0.727. The third kappa shape index (κ3) is 2.66. The molecule has 1 aliphatic heterocycles. The van der Waals surface area contributed by atoms with Crippen molar-refractivity contribution in [2.45, 2.75) is 0 Å². The Morgan fingerprint density at radius 1 is 1.36 bits per heavy atom. The van der Waals surface area contributed by atoms with Crippen molar-refractivity contribution in [3.05, 3.63) is 30.1 Å². The molecule has 8 nitrogen and oxygen atoms in total. The molecule has 0 fully saturated rings. The number of ether oxygens (including phenoxy) is 2. The van der Waals surface area contributed by atoms with Gasteiger partial charge >= 0.3 is 0 Å². The number of thiocarbonyl (C=S) groups is 1. The molecule has 2 aromatic rings. The highest BCUT2D eigenvalue weighted by molar-refractivity contribution is 7.80. The molecule has 2 heterocycles. The summed E-state index contributed by atoms with van der Waals surface area (Å²) in [6.45, 7) is 0.207. The van der Waals surface area contributed by atoms with Gasteiger partial charge in [-0.15, -0.1) is 0 Å². The maximum Gasteiger partial charge on any atom is 0.269 e. The molecule has 9 heteroatoms. The number of nitrogens with zero attached hydrogens (tertiary/aromatic N) is 2. The van der Waals surface area contributed by atoms with Gasteiger partial charge in [0.25, 0.3) is 5.91 Å². The number of aryl methyl sites for hydroxylation is 1. The van der Waals surface area contributed by atoms with E-state index in [1.165, 1.54) is 10.9 Å². The number of carbonyl (C=O) groups is 1.